The largest absolute Gasteiger partial charge is 0.391 e. The summed E-state index contributed by atoms with van der Waals surface area (Å²) in [6, 6.07) is 11.3. The molecule has 2 rings (SSSR count). The van der Waals surface area contributed by atoms with Crippen LogP contribution >= 0.6 is 0 Å². The van der Waals surface area contributed by atoms with Crippen LogP contribution in [-0.2, 0) is 27.4 Å². The number of halogens is 2. The average Bonchev–Trinajstić information content (AvgIpc) is 2.67. The summed E-state index contributed by atoms with van der Waals surface area (Å²) in [7, 11) is 0. The lowest BCUT2D eigenvalue weighted by atomic mass is 9.96. The first-order valence-corrected chi connectivity index (χ1v) is 10.0. The summed E-state index contributed by atoms with van der Waals surface area (Å²) in [6.07, 6.45) is -0.875. The number of aliphatic hydroxyl groups is 1. The van der Waals surface area contributed by atoms with Crippen molar-refractivity contribution < 1.29 is 28.2 Å². The van der Waals surface area contributed by atoms with E-state index in [0.29, 0.717) is 12.2 Å². The molecule has 2 aromatic rings. The van der Waals surface area contributed by atoms with E-state index in [-0.39, 0.29) is 31.3 Å². The van der Waals surface area contributed by atoms with Crippen molar-refractivity contribution in [2.45, 2.75) is 51.5 Å². The van der Waals surface area contributed by atoms with Gasteiger partial charge in [-0.25, -0.2) is 8.78 Å². The van der Waals surface area contributed by atoms with E-state index in [2.05, 4.69) is 10.6 Å². The van der Waals surface area contributed by atoms with Gasteiger partial charge >= 0.3 is 0 Å². The van der Waals surface area contributed by atoms with Crippen LogP contribution in [0.15, 0.2) is 48.5 Å². The van der Waals surface area contributed by atoms with Crippen LogP contribution in [0.4, 0.5) is 8.78 Å². The van der Waals surface area contributed by atoms with E-state index in [1.807, 2.05) is 30.3 Å². The molecule has 31 heavy (non-hydrogen) atoms. The molecule has 0 aliphatic rings. The highest BCUT2D eigenvalue weighted by Crippen LogP contribution is 2.14. The lowest BCUT2D eigenvalue weighted by molar-refractivity contribution is -0.127. The summed E-state index contributed by atoms with van der Waals surface area (Å²) in [4.78, 5) is 23.6. The Balaban J connectivity index is 1.85. The van der Waals surface area contributed by atoms with Crippen molar-refractivity contribution in [2.24, 2.45) is 0 Å². The third kappa shape index (κ3) is 9.23. The Morgan fingerprint density at radius 3 is 2.29 bits per heavy atom. The molecule has 0 spiro atoms. The smallest absolute Gasteiger partial charge is 0.246 e. The molecule has 0 saturated heterocycles. The molecule has 2 amide bonds. The summed E-state index contributed by atoms with van der Waals surface area (Å²) in [5.41, 5.74) is 1.26. The molecule has 0 bridgehead atoms. The van der Waals surface area contributed by atoms with Gasteiger partial charge in [0, 0.05) is 19.0 Å². The van der Waals surface area contributed by atoms with E-state index in [4.69, 9.17) is 4.74 Å². The Morgan fingerprint density at radius 1 is 1.03 bits per heavy atom. The molecule has 1 unspecified atom stereocenters. The molecule has 6 nitrogen and oxygen atoms in total. The molecule has 168 valence electrons. The number of hydrogen-bond acceptors (Lipinski definition) is 4. The van der Waals surface area contributed by atoms with E-state index in [9.17, 15) is 23.5 Å². The minimum atomic E-state index is -1.05. The number of carbonyl (C=O) groups excluding carboxylic acids is 2. The van der Waals surface area contributed by atoms with Gasteiger partial charge in [-0.05, 0) is 43.0 Å². The van der Waals surface area contributed by atoms with E-state index >= 15 is 0 Å². The van der Waals surface area contributed by atoms with E-state index in [0.717, 1.165) is 23.8 Å². The SMILES string of the molecule is CC(=O)N[C@@H](Cc1cc(F)cc(F)c1)[C@@H](O)CC(C)NC(=O)COCc1ccccc1. The number of amides is 2. The predicted octanol–water partition coefficient (Wildman–Crippen LogP) is 2.48. The van der Waals surface area contributed by atoms with E-state index in [1.165, 1.54) is 6.92 Å². The molecule has 0 radical (unpaired) electrons. The molecule has 0 heterocycles. The van der Waals surface area contributed by atoms with Crippen molar-refractivity contribution in [1.29, 1.82) is 0 Å². The van der Waals surface area contributed by atoms with Crippen molar-refractivity contribution in [1.82, 2.24) is 10.6 Å². The van der Waals surface area contributed by atoms with Gasteiger partial charge < -0.3 is 20.5 Å². The monoisotopic (exact) mass is 434 g/mol. The standard InChI is InChI=1S/C23H28F2N2O4/c1-15(26-23(30)14-31-13-17-6-4-3-5-7-17)8-22(29)21(27-16(2)28)11-18-9-19(24)12-20(25)10-18/h3-7,9-10,12,15,21-22,29H,8,11,13-14H2,1-2H3,(H,26,30)(H,27,28)/t15?,21-,22-/m0/s1. The van der Waals surface area contributed by atoms with Crippen LogP contribution in [0.25, 0.3) is 0 Å². The number of benzene rings is 2. The molecule has 2 aromatic carbocycles. The lowest BCUT2D eigenvalue weighted by Gasteiger charge is -2.26. The molecule has 0 fully saturated rings. The first kappa shape index (κ1) is 24.4. The van der Waals surface area contributed by atoms with Gasteiger partial charge in [0.15, 0.2) is 0 Å². The Kier molecular flexibility index (Phi) is 9.55. The Bertz CT molecular complexity index is 844. The summed E-state index contributed by atoms with van der Waals surface area (Å²) in [6.45, 7) is 3.18. The maximum atomic E-state index is 13.5. The molecule has 0 aliphatic carbocycles. The third-order valence-corrected chi connectivity index (χ3v) is 4.58. The summed E-state index contributed by atoms with van der Waals surface area (Å²) in [5.74, 6) is -2.18. The highest BCUT2D eigenvalue weighted by molar-refractivity contribution is 5.77. The van der Waals surface area contributed by atoms with Gasteiger partial charge in [-0.1, -0.05) is 30.3 Å². The first-order valence-electron chi connectivity index (χ1n) is 10.0. The minimum absolute atomic E-state index is 0.0380. The van der Waals surface area contributed by atoms with E-state index < -0.39 is 29.8 Å². The van der Waals surface area contributed by atoms with Gasteiger partial charge in [0.1, 0.15) is 18.2 Å². The number of hydrogen-bond donors (Lipinski definition) is 3. The van der Waals surface area contributed by atoms with Crippen molar-refractivity contribution in [3.63, 3.8) is 0 Å². The summed E-state index contributed by atoms with van der Waals surface area (Å²) < 4.78 is 32.3. The molecule has 8 heteroatoms. The second-order valence-corrected chi connectivity index (χ2v) is 7.54. The molecular weight excluding hydrogens is 406 g/mol. The zero-order valence-corrected chi connectivity index (χ0v) is 17.6. The molecule has 3 N–H and O–H groups in total. The number of rotatable bonds is 11. The van der Waals surface area contributed by atoms with Gasteiger partial charge in [0.05, 0.1) is 18.8 Å². The molecule has 0 saturated carbocycles. The highest BCUT2D eigenvalue weighted by Gasteiger charge is 2.24. The fourth-order valence-corrected chi connectivity index (χ4v) is 3.26. The molecule has 3 atom stereocenters. The number of nitrogens with one attached hydrogen (secondary N) is 2. The topological polar surface area (TPSA) is 87.7 Å². The fraction of sp³-hybridized carbons (Fsp3) is 0.391. The zero-order valence-electron chi connectivity index (χ0n) is 17.6. The average molecular weight is 434 g/mol. The number of carbonyl (C=O) groups is 2. The lowest BCUT2D eigenvalue weighted by Crippen LogP contribution is -2.47. The third-order valence-electron chi connectivity index (χ3n) is 4.58. The van der Waals surface area contributed by atoms with Gasteiger partial charge in [-0.2, -0.15) is 0 Å². The molecule has 0 aromatic heterocycles. The molecule has 0 aliphatic heterocycles. The fourth-order valence-electron chi connectivity index (χ4n) is 3.26. The quantitative estimate of drug-likeness (QED) is 0.507. The Morgan fingerprint density at radius 2 is 1.68 bits per heavy atom. The van der Waals surface area contributed by atoms with Crippen LogP contribution in [0.5, 0.6) is 0 Å². The first-order chi connectivity index (χ1) is 14.7. The number of ether oxygens (including phenoxy) is 1. The van der Waals surface area contributed by atoms with Gasteiger partial charge in [-0.3, -0.25) is 9.59 Å². The van der Waals surface area contributed by atoms with Crippen molar-refractivity contribution >= 4 is 11.8 Å². The normalized spacial score (nSPS) is 13.8. The zero-order chi connectivity index (χ0) is 22.8. The summed E-state index contributed by atoms with van der Waals surface area (Å²) >= 11 is 0. The highest BCUT2D eigenvalue weighted by atomic mass is 19.1. The predicted molar refractivity (Wildman–Crippen MR) is 112 cm³/mol. The van der Waals surface area contributed by atoms with Gasteiger partial charge in [0.25, 0.3) is 0 Å². The van der Waals surface area contributed by atoms with Crippen LogP contribution in [-0.4, -0.2) is 41.7 Å². The van der Waals surface area contributed by atoms with Gasteiger partial charge in [-0.15, -0.1) is 0 Å². The summed E-state index contributed by atoms with van der Waals surface area (Å²) in [5, 5.41) is 15.9. The minimum Gasteiger partial charge on any atom is -0.391 e. The van der Waals surface area contributed by atoms with Crippen LogP contribution < -0.4 is 10.6 Å². The van der Waals surface area contributed by atoms with Crippen LogP contribution in [0.1, 0.15) is 31.4 Å². The van der Waals surface area contributed by atoms with E-state index in [1.54, 1.807) is 6.92 Å². The maximum absolute atomic E-state index is 13.5. The van der Waals surface area contributed by atoms with Crippen LogP contribution in [0, 0.1) is 11.6 Å². The molecular formula is C23H28F2N2O4. The Hall–Kier alpha value is -2.84. The van der Waals surface area contributed by atoms with Gasteiger partial charge in [0.2, 0.25) is 11.8 Å². The maximum Gasteiger partial charge on any atom is 0.246 e. The van der Waals surface area contributed by atoms with Crippen LogP contribution in [0.2, 0.25) is 0 Å². The second kappa shape index (κ2) is 12.1. The number of aliphatic hydroxyl groups excluding tert-OH is 1. The Labute approximate surface area is 180 Å². The van der Waals surface area contributed by atoms with Crippen LogP contribution in [0.3, 0.4) is 0 Å². The second-order valence-electron chi connectivity index (χ2n) is 7.54. The van der Waals surface area contributed by atoms with Crippen molar-refractivity contribution in [2.75, 3.05) is 6.61 Å². The van der Waals surface area contributed by atoms with Crippen molar-refractivity contribution in [3.05, 3.63) is 71.3 Å². The van der Waals surface area contributed by atoms with Crippen molar-refractivity contribution in [3.8, 4) is 0 Å².